The Morgan fingerprint density at radius 3 is 2.24 bits per heavy atom. The molecule has 0 radical (unpaired) electrons. The summed E-state index contributed by atoms with van der Waals surface area (Å²) in [6.07, 6.45) is 0.815. The van der Waals surface area contributed by atoms with Crippen molar-refractivity contribution in [3.63, 3.8) is 0 Å². The lowest BCUT2D eigenvalue weighted by Crippen LogP contribution is -2.41. The van der Waals surface area contributed by atoms with Crippen molar-refractivity contribution in [2.75, 3.05) is 23.1 Å². The normalized spacial score (nSPS) is 15.7. The topological polar surface area (TPSA) is 113 Å². The van der Waals surface area contributed by atoms with Crippen LogP contribution in [0.4, 0.5) is 11.4 Å². The summed E-state index contributed by atoms with van der Waals surface area (Å²) in [6, 6.07) is 15.6. The Kier molecular flexibility index (Phi) is 7.29. The smallest absolute Gasteiger partial charge is 0.261 e. The summed E-state index contributed by atoms with van der Waals surface area (Å²) in [5.41, 5.74) is 0.726. The summed E-state index contributed by atoms with van der Waals surface area (Å²) in [7, 11) is -7.37. The van der Waals surface area contributed by atoms with Crippen LogP contribution in [0.3, 0.4) is 0 Å². The fourth-order valence-electron chi connectivity index (χ4n) is 3.61. The number of thiophene rings is 1. The van der Waals surface area contributed by atoms with Crippen molar-refractivity contribution >= 4 is 60.3 Å². The van der Waals surface area contributed by atoms with Crippen LogP contribution in [-0.2, 0) is 24.8 Å². The molecule has 0 unspecified atom stereocenters. The molecule has 1 aliphatic heterocycles. The summed E-state index contributed by atoms with van der Waals surface area (Å²) in [5, 5.41) is 4.79. The molecule has 1 aliphatic rings. The monoisotopic (exact) mass is 539 g/mol. The van der Waals surface area contributed by atoms with Gasteiger partial charge in [-0.2, -0.15) is 4.31 Å². The molecule has 2 aromatic carbocycles. The van der Waals surface area contributed by atoms with Gasteiger partial charge in [0.2, 0.25) is 5.91 Å². The number of piperidine rings is 1. The molecule has 1 fully saturated rings. The summed E-state index contributed by atoms with van der Waals surface area (Å²) < 4.78 is 54.7. The minimum absolute atomic E-state index is 0.0255. The zero-order chi connectivity index (χ0) is 24.3. The second kappa shape index (κ2) is 10.0. The Hall–Kier alpha value is -2.44. The molecule has 1 saturated heterocycles. The average Bonchev–Trinajstić information content (AvgIpc) is 3.37. The second-order valence-corrected chi connectivity index (χ2v) is 12.9. The van der Waals surface area contributed by atoms with Crippen LogP contribution >= 0.6 is 22.9 Å². The molecule has 4 rings (SSSR count). The summed E-state index contributed by atoms with van der Waals surface area (Å²) >= 11 is 7.20. The molecule has 1 aromatic heterocycles. The van der Waals surface area contributed by atoms with Crippen LogP contribution in [0.2, 0.25) is 5.02 Å². The molecule has 0 atom stereocenters. The van der Waals surface area contributed by atoms with Crippen molar-refractivity contribution in [1.82, 2.24) is 4.31 Å². The number of rotatable bonds is 7. The highest BCUT2D eigenvalue weighted by molar-refractivity contribution is 7.92. The SMILES string of the molecule is O=C(Nc1ccc(S(=O)(=O)Nc2ccccc2Cl)cc1)C1CCN(S(=O)(=O)c2cccs2)CC1. The van der Waals surface area contributed by atoms with Crippen LogP contribution in [0.25, 0.3) is 0 Å². The van der Waals surface area contributed by atoms with Gasteiger partial charge in [0.15, 0.2) is 0 Å². The average molecular weight is 540 g/mol. The molecular weight excluding hydrogens is 518 g/mol. The van der Waals surface area contributed by atoms with Gasteiger partial charge < -0.3 is 5.32 Å². The van der Waals surface area contributed by atoms with Crippen molar-refractivity contribution < 1.29 is 21.6 Å². The quantitative estimate of drug-likeness (QED) is 0.466. The maximum Gasteiger partial charge on any atom is 0.261 e. The number of carbonyl (C=O) groups is 1. The Labute approximate surface area is 207 Å². The third-order valence-corrected chi connectivity index (χ3v) is 10.4. The molecule has 0 spiro atoms. The van der Waals surface area contributed by atoms with E-state index in [1.54, 1.807) is 41.8 Å². The van der Waals surface area contributed by atoms with Crippen molar-refractivity contribution in [1.29, 1.82) is 0 Å². The number of hydrogen-bond donors (Lipinski definition) is 2. The van der Waals surface area contributed by atoms with Crippen LogP contribution in [0.15, 0.2) is 75.1 Å². The lowest BCUT2D eigenvalue weighted by molar-refractivity contribution is -0.120. The maximum absolute atomic E-state index is 12.7. The van der Waals surface area contributed by atoms with Gasteiger partial charge in [-0.1, -0.05) is 29.8 Å². The molecule has 34 heavy (non-hydrogen) atoms. The highest BCUT2D eigenvalue weighted by atomic mass is 35.5. The highest BCUT2D eigenvalue weighted by Gasteiger charge is 2.32. The first-order valence-corrected chi connectivity index (χ1v) is 14.6. The second-order valence-electron chi connectivity index (χ2n) is 7.71. The molecule has 180 valence electrons. The first-order chi connectivity index (χ1) is 16.2. The van der Waals surface area contributed by atoms with Gasteiger partial charge in [0.05, 0.1) is 15.6 Å². The van der Waals surface area contributed by atoms with Gasteiger partial charge in [-0.3, -0.25) is 9.52 Å². The van der Waals surface area contributed by atoms with Crippen LogP contribution < -0.4 is 10.0 Å². The largest absolute Gasteiger partial charge is 0.326 e. The minimum Gasteiger partial charge on any atom is -0.326 e. The van der Waals surface area contributed by atoms with Gasteiger partial charge in [-0.25, -0.2) is 16.8 Å². The number of benzene rings is 2. The predicted octanol–water partition coefficient (Wildman–Crippen LogP) is 4.24. The summed E-state index contributed by atoms with van der Waals surface area (Å²) in [4.78, 5) is 12.7. The Morgan fingerprint density at radius 2 is 1.62 bits per heavy atom. The van der Waals surface area contributed by atoms with Crippen LogP contribution in [0.5, 0.6) is 0 Å². The number of hydrogen-bond acceptors (Lipinski definition) is 6. The van der Waals surface area contributed by atoms with Gasteiger partial charge in [0.1, 0.15) is 4.21 Å². The molecule has 1 amide bonds. The maximum atomic E-state index is 12.7. The van der Waals surface area contributed by atoms with Crippen LogP contribution in [-0.4, -0.2) is 40.1 Å². The Morgan fingerprint density at radius 1 is 0.941 bits per heavy atom. The number of nitrogens with one attached hydrogen (secondary N) is 2. The van der Waals surface area contributed by atoms with E-state index >= 15 is 0 Å². The van der Waals surface area contributed by atoms with Gasteiger partial charge in [0, 0.05) is 24.7 Å². The molecule has 0 aliphatic carbocycles. The number of anilines is 2. The van der Waals surface area contributed by atoms with Crippen molar-refractivity contribution in [3.05, 3.63) is 71.1 Å². The molecule has 8 nitrogen and oxygen atoms in total. The van der Waals surface area contributed by atoms with E-state index in [1.807, 2.05) is 0 Å². The standard InChI is InChI=1S/C22H22ClN3O5S3/c23-19-4-1-2-5-20(19)25-33(28,29)18-9-7-17(8-10-18)24-22(27)16-11-13-26(14-12-16)34(30,31)21-6-3-15-32-21/h1-10,15-16,25H,11-14H2,(H,24,27). The van der Waals surface area contributed by atoms with Crippen molar-refractivity contribution in [2.24, 2.45) is 5.92 Å². The summed E-state index contributed by atoms with van der Waals surface area (Å²) in [6.45, 7) is 0.534. The van der Waals surface area contributed by atoms with E-state index in [2.05, 4.69) is 10.0 Å². The van der Waals surface area contributed by atoms with E-state index in [1.165, 1.54) is 39.9 Å². The van der Waals surface area contributed by atoms with Gasteiger partial charge >= 0.3 is 0 Å². The van der Waals surface area contributed by atoms with Gasteiger partial charge in [0.25, 0.3) is 20.0 Å². The zero-order valence-electron chi connectivity index (χ0n) is 17.8. The summed E-state index contributed by atoms with van der Waals surface area (Å²) in [5.74, 6) is -0.557. The van der Waals surface area contributed by atoms with E-state index in [9.17, 15) is 21.6 Å². The van der Waals surface area contributed by atoms with E-state index in [-0.39, 0.29) is 40.5 Å². The number of carbonyl (C=O) groups excluding carboxylic acids is 1. The van der Waals surface area contributed by atoms with Crippen molar-refractivity contribution in [3.8, 4) is 0 Å². The lowest BCUT2D eigenvalue weighted by atomic mass is 9.97. The third-order valence-electron chi connectivity index (χ3n) is 5.46. The van der Waals surface area contributed by atoms with E-state index in [0.29, 0.717) is 22.7 Å². The Bertz CT molecular complexity index is 1370. The number of halogens is 1. The molecule has 0 saturated carbocycles. The van der Waals surface area contributed by atoms with Crippen LogP contribution in [0.1, 0.15) is 12.8 Å². The number of amides is 1. The zero-order valence-corrected chi connectivity index (χ0v) is 21.1. The molecular formula is C22H22ClN3O5S3. The molecule has 12 heteroatoms. The van der Waals surface area contributed by atoms with Crippen molar-refractivity contribution in [2.45, 2.75) is 21.9 Å². The van der Waals surface area contributed by atoms with Gasteiger partial charge in [-0.05, 0) is 60.7 Å². The molecule has 0 bridgehead atoms. The minimum atomic E-state index is -3.85. The molecule has 2 N–H and O–H groups in total. The lowest BCUT2D eigenvalue weighted by Gasteiger charge is -2.30. The van der Waals surface area contributed by atoms with Gasteiger partial charge in [-0.15, -0.1) is 11.3 Å². The molecule has 3 aromatic rings. The number of nitrogens with zero attached hydrogens (tertiary/aromatic N) is 1. The highest BCUT2D eigenvalue weighted by Crippen LogP contribution is 2.28. The first-order valence-electron chi connectivity index (χ1n) is 10.4. The van der Waals surface area contributed by atoms with E-state index < -0.39 is 20.0 Å². The van der Waals surface area contributed by atoms with E-state index in [4.69, 9.17) is 11.6 Å². The fraction of sp³-hybridized carbons (Fsp3) is 0.227. The third kappa shape index (κ3) is 5.44. The Balaban J connectivity index is 1.35. The fourth-order valence-corrected chi connectivity index (χ4v) is 7.54. The molecule has 2 heterocycles. The van der Waals surface area contributed by atoms with Crippen LogP contribution in [0, 0.1) is 5.92 Å². The van der Waals surface area contributed by atoms with E-state index in [0.717, 1.165) is 0 Å². The number of sulfonamides is 2. The first kappa shape index (κ1) is 24.7. The number of para-hydroxylation sites is 1. The predicted molar refractivity (Wildman–Crippen MR) is 133 cm³/mol.